The van der Waals surface area contributed by atoms with Crippen molar-refractivity contribution in [3.63, 3.8) is 0 Å². The molecule has 0 saturated carbocycles. The summed E-state index contributed by atoms with van der Waals surface area (Å²) in [6, 6.07) is 4.29. The molecule has 3 aromatic heterocycles. The second-order valence-electron chi connectivity index (χ2n) is 6.67. The van der Waals surface area contributed by atoms with E-state index in [0.29, 0.717) is 11.7 Å². The average Bonchev–Trinajstić information content (AvgIpc) is 3.05. The third-order valence-corrected chi connectivity index (χ3v) is 4.86. The minimum atomic E-state index is 0.465. The molecule has 1 fully saturated rings. The van der Waals surface area contributed by atoms with Crippen molar-refractivity contribution in [2.24, 2.45) is 0 Å². The summed E-state index contributed by atoms with van der Waals surface area (Å²) < 4.78 is 1.90. The SMILES string of the molecule is Cc1cc(C2CCCN(Cc3ccncc3C)C2)n2ncnc2n1. The van der Waals surface area contributed by atoms with Crippen LogP contribution >= 0.6 is 0 Å². The fourth-order valence-electron chi connectivity index (χ4n) is 3.61. The van der Waals surface area contributed by atoms with E-state index in [1.807, 2.05) is 23.8 Å². The molecule has 4 heterocycles. The number of hydrogen-bond donors (Lipinski definition) is 0. The molecule has 6 heteroatoms. The van der Waals surface area contributed by atoms with Gasteiger partial charge in [-0.3, -0.25) is 9.88 Å². The lowest BCUT2D eigenvalue weighted by Crippen LogP contribution is -2.34. The Morgan fingerprint density at radius 1 is 1.29 bits per heavy atom. The van der Waals surface area contributed by atoms with Gasteiger partial charge in [0.25, 0.3) is 5.78 Å². The first-order valence-electron chi connectivity index (χ1n) is 8.50. The molecule has 1 unspecified atom stereocenters. The fraction of sp³-hybridized carbons (Fsp3) is 0.444. The number of rotatable bonds is 3. The van der Waals surface area contributed by atoms with Crippen molar-refractivity contribution in [2.45, 2.75) is 39.2 Å². The van der Waals surface area contributed by atoms with Gasteiger partial charge in [0, 0.05) is 37.1 Å². The van der Waals surface area contributed by atoms with Crippen LogP contribution < -0.4 is 0 Å². The van der Waals surface area contributed by atoms with Gasteiger partial charge in [0.15, 0.2) is 0 Å². The Balaban J connectivity index is 1.58. The van der Waals surface area contributed by atoms with Gasteiger partial charge in [0.1, 0.15) is 6.33 Å². The minimum Gasteiger partial charge on any atom is -0.298 e. The third-order valence-electron chi connectivity index (χ3n) is 4.86. The van der Waals surface area contributed by atoms with Crippen LogP contribution in [-0.4, -0.2) is 42.6 Å². The first-order chi connectivity index (χ1) is 11.7. The minimum absolute atomic E-state index is 0.465. The summed E-state index contributed by atoms with van der Waals surface area (Å²) in [5, 5.41) is 4.37. The largest absolute Gasteiger partial charge is 0.298 e. The number of pyridine rings is 1. The van der Waals surface area contributed by atoms with Gasteiger partial charge in [-0.05, 0) is 56.5 Å². The summed E-state index contributed by atoms with van der Waals surface area (Å²) in [5.41, 5.74) is 4.86. The first-order valence-corrected chi connectivity index (χ1v) is 8.50. The maximum atomic E-state index is 4.46. The zero-order valence-electron chi connectivity index (χ0n) is 14.2. The van der Waals surface area contributed by atoms with E-state index >= 15 is 0 Å². The van der Waals surface area contributed by atoms with E-state index in [1.54, 1.807) is 6.33 Å². The second-order valence-corrected chi connectivity index (χ2v) is 6.67. The van der Waals surface area contributed by atoms with Crippen LogP contribution in [0.3, 0.4) is 0 Å². The summed E-state index contributed by atoms with van der Waals surface area (Å²) >= 11 is 0. The van der Waals surface area contributed by atoms with Crippen molar-refractivity contribution in [2.75, 3.05) is 13.1 Å². The van der Waals surface area contributed by atoms with Gasteiger partial charge in [-0.1, -0.05) is 0 Å². The molecule has 0 N–H and O–H groups in total. The molecule has 0 bridgehead atoms. The monoisotopic (exact) mass is 322 g/mol. The zero-order chi connectivity index (χ0) is 16.5. The molecule has 1 aliphatic heterocycles. The molecule has 1 saturated heterocycles. The molecule has 6 nitrogen and oxygen atoms in total. The molecule has 0 radical (unpaired) electrons. The maximum Gasteiger partial charge on any atom is 0.252 e. The number of fused-ring (bicyclic) bond motifs is 1. The molecule has 1 atom stereocenters. The topological polar surface area (TPSA) is 59.2 Å². The summed E-state index contributed by atoms with van der Waals surface area (Å²) in [7, 11) is 0. The van der Waals surface area contributed by atoms with Gasteiger partial charge < -0.3 is 0 Å². The Hall–Kier alpha value is -2.34. The summed E-state index contributed by atoms with van der Waals surface area (Å²) in [6.07, 6.45) is 7.81. The number of hydrogen-bond acceptors (Lipinski definition) is 5. The molecular weight excluding hydrogens is 300 g/mol. The van der Waals surface area contributed by atoms with Crippen molar-refractivity contribution < 1.29 is 0 Å². The van der Waals surface area contributed by atoms with Gasteiger partial charge in [-0.25, -0.2) is 9.50 Å². The van der Waals surface area contributed by atoms with Crippen LogP contribution in [0.15, 0.2) is 30.9 Å². The maximum absolute atomic E-state index is 4.46. The van der Waals surface area contributed by atoms with E-state index in [4.69, 9.17) is 0 Å². The molecule has 0 aliphatic carbocycles. The molecule has 24 heavy (non-hydrogen) atoms. The standard InChI is InChI=1S/C18H22N6/c1-13-9-19-6-5-15(13)10-23-7-3-4-16(11-23)17-8-14(2)22-18-20-12-21-24(17)18/h5-6,8-9,12,16H,3-4,7,10-11H2,1-2H3. The molecule has 0 aromatic carbocycles. The van der Waals surface area contributed by atoms with Gasteiger partial charge in [-0.2, -0.15) is 10.1 Å². The van der Waals surface area contributed by atoms with Gasteiger partial charge in [0.2, 0.25) is 0 Å². The van der Waals surface area contributed by atoms with Gasteiger partial charge in [0.05, 0.1) is 5.69 Å². The highest BCUT2D eigenvalue weighted by molar-refractivity contribution is 5.31. The molecule has 124 valence electrons. The smallest absolute Gasteiger partial charge is 0.252 e. The van der Waals surface area contributed by atoms with Crippen LogP contribution in [-0.2, 0) is 6.54 Å². The highest BCUT2D eigenvalue weighted by Crippen LogP contribution is 2.28. The third kappa shape index (κ3) is 2.89. The van der Waals surface area contributed by atoms with E-state index in [2.05, 4.69) is 44.0 Å². The Labute approximate surface area is 141 Å². The van der Waals surface area contributed by atoms with Crippen LogP contribution in [0.25, 0.3) is 5.78 Å². The highest BCUT2D eigenvalue weighted by atomic mass is 15.3. The van der Waals surface area contributed by atoms with E-state index in [-0.39, 0.29) is 0 Å². The Morgan fingerprint density at radius 2 is 2.21 bits per heavy atom. The van der Waals surface area contributed by atoms with E-state index in [9.17, 15) is 0 Å². The Morgan fingerprint density at radius 3 is 3.08 bits per heavy atom. The summed E-state index contributed by atoms with van der Waals surface area (Å²) in [4.78, 5) is 15.4. The second kappa shape index (κ2) is 6.28. The lowest BCUT2D eigenvalue weighted by molar-refractivity contribution is 0.197. The lowest BCUT2D eigenvalue weighted by atomic mass is 9.93. The molecule has 1 aliphatic rings. The molecule has 0 spiro atoms. The zero-order valence-corrected chi connectivity index (χ0v) is 14.2. The van der Waals surface area contributed by atoms with Crippen molar-refractivity contribution in [1.82, 2.24) is 29.5 Å². The van der Waals surface area contributed by atoms with E-state index in [1.165, 1.54) is 29.7 Å². The molecule has 3 aromatic rings. The van der Waals surface area contributed by atoms with Crippen molar-refractivity contribution in [3.05, 3.63) is 53.4 Å². The normalized spacial score (nSPS) is 19.0. The predicted molar refractivity (Wildman–Crippen MR) is 91.7 cm³/mol. The van der Waals surface area contributed by atoms with Gasteiger partial charge in [-0.15, -0.1) is 0 Å². The van der Waals surface area contributed by atoms with E-state index in [0.717, 1.165) is 25.3 Å². The fourth-order valence-corrected chi connectivity index (χ4v) is 3.61. The lowest BCUT2D eigenvalue weighted by Gasteiger charge is -2.33. The Kier molecular flexibility index (Phi) is 3.98. The van der Waals surface area contributed by atoms with Crippen molar-refractivity contribution >= 4 is 5.78 Å². The van der Waals surface area contributed by atoms with Crippen molar-refractivity contribution in [1.29, 1.82) is 0 Å². The predicted octanol–water partition coefficient (Wildman–Crippen LogP) is 2.52. The first kappa shape index (κ1) is 15.2. The molecular formula is C18H22N6. The van der Waals surface area contributed by atoms with Crippen LogP contribution in [0, 0.1) is 13.8 Å². The summed E-state index contributed by atoms with van der Waals surface area (Å²) in [5.74, 6) is 1.17. The van der Waals surface area contributed by atoms with Gasteiger partial charge >= 0.3 is 0 Å². The van der Waals surface area contributed by atoms with Crippen LogP contribution in [0.5, 0.6) is 0 Å². The summed E-state index contributed by atoms with van der Waals surface area (Å²) in [6.45, 7) is 7.33. The van der Waals surface area contributed by atoms with Crippen LogP contribution in [0.2, 0.25) is 0 Å². The molecule has 4 rings (SSSR count). The van der Waals surface area contributed by atoms with Crippen molar-refractivity contribution in [3.8, 4) is 0 Å². The average molecular weight is 322 g/mol. The van der Waals surface area contributed by atoms with Crippen LogP contribution in [0.1, 0.15) is 41.3 Å². The highest BCUT2D eigenvalue weighted by Gasteiger charge is 2.24. The number of aryl methyl sites for hydroxylation is 2. The number of aromatic nitrogens is 5. The Bertz CT molecular complexity index is 856. The number of nitrogens with zero attached hydrogens (tertiary/aromatic N) is 6. The quantitative estimate of drug-likeness (QED) is 0.741. The number of likely N-dealkylation sites (tertiary alicyclic amines) is 1. The van der Waals surface area contributed by atoms with E-state index < -0.39 is 0 Å². The number of piperidine rings is 1. The van der Waals surface area contributed by atoms with Crippen LogP contribution in [0.4, 0.5) is 0 Å². The molecule has 0 amide bonds.